The van der Waals surface area contributed by atoms with Crippen LogP contribution in [-0.2, 0) is 22.6 Å². The highest BCUT2D eigenvalue weighted by Gasteiger charge is 2.13. The summed E-state index contributed by atoms with van der Waals surface area (Å²) in [6, 6.07) is 17.9. The Labute approximate surface area is 240 Å². The number of aliphatic carboxylic acids is 2. The molecule has 3 aromatic carbocycles. The van der Waals surface area contributed by atoms with Crippen molar-refractivity contribution in [1.82, 2.24) is 4.57 Å². The van der Waals surface area contributed by atoms with Crippen LogP contribution in [0.5, 0.6) is 11.5 Å². The average molecular weight is 556 g/mol. The second-order valence-corrected chi connectivity index (χ2v) is 10.3. The monoisotopic (exact) mass is 555 g/mol. The summed E-state index contributed by atoms with van der Waals surface area (Å²) in [6.45, 7) is 7.19. The van der Waals surface area contributed by atoms with Crippen molar-refractivity contribution >= 4 is 35.0 Å². The molecule has 0 aliphatic carbocycles. The Hall–Kier alpha value is -4.52. The summed E-state index contributed by atoms with van der Waals surface area (Å²) in [4.78, 5) is 22.5. The van der Waals surface area contributed by atoms with Crippen LogP contribution in [0.1, 0.15) is 52.6 Å². The summed E-state index contributed by atoms with van der Waals surface area (Å²) >= 11 is 0. The lowest BCUT2D eigenvalue weighted by Crippen LogP contribution is -2.07. The van der Waals surface area contributed by atoms with Crippen molar-refractivity contribution in [3.63, 3.8) is 0 Å². The largest absolute Gasteiger partial charge is 0.493 e. The summed E-state index contributed by atoms with van der Waals surface area (Å²) in [5.41, 5.74) is 7.19. The zero-order valence-corrected chi connectivity index (χ0v) is 23.9. The first-order valence-corrected chi connectivity index (χ1v) is 13.9. The van der Waals surface area contributed by atoms with Crippen LogP contribution in [0.3, 0.4) is 0 Å². The van der Waals surface area contributed by atoms with Crippen LogP contribution in [0.15, 0.2) is 60.8 Å². The Morgan fingerprint density at radius 1 is 0.854 bits per heavy atom. The summed E-state index contributed by atoms with van der Waals surface area (Å²) in [5.74, 6) is -0.0303. The van der Waals surface area contributed by atoms with E-state index in [4.69, 9.17) is 14.6 Å². The molecule has 1 heterocycles. The minimum absolute atomic E-state index is 0.0749. The Kier molecular flexibility index (Phi) is 9.85. The third-order valence-electron chi connectivity index (χ3n) is 6.90. The molecule has 0 amide bonds. The molecule has 41 heavy (non-hydrogen) atoms. The zero-order chi connectivity index (χ0) is 29.4. The predicted molar refractivity (Wildman–Crippen MR) is 162 cm³/mol. The fourth-order valence-electron chi connectivity index (χ4n) is 5.18. The number of hydrogen-bond acceptors (Lipinski definition) is 4. The van der Waals surface area contributed by atoms with Crippen molar-refractivity contribution in [2.24, 2.45) is 0 Å². The smallest absolute Gasteiger partial charge is 0.323 e. The van der Waals surface area contributed by atoms with Gasteiger partial charge in [-0.3, -0.25) is 9.59 Å². The fraction of sp³-hybridized carbons (Fsp3) is 0.294. The van der Waals surface area contributed by atoms with Gasteiger partial charge in [0, 0.05) is 24.4 Å². The Morgan fingerprint density at radius 3 is 2.24 bits per heavy atom. The van der Waals surface area contributed by atoms with Crippen molar-refractivity contribution < 1.29 is 29.3 Å². The maximum atomic E-state index is 11.5. The lowest BCUT2D eigenvalue weighted by atomic mass is 10.0. The molecule has 7 nitrogen and oxygen atoms in total. The molecule has 214 valence electrons. The molecule has 0 aliphatic heterocycles. The number of nitrogens with zero attached hydrogens (tertiary/aromatic N) is 1. The molecule has 0 aliphatic rings. The number of carbonyl (C=O) groups is 2. The minimum atomic E-state index is -0.930. The predicted octanol–water partition coefficient (Wildman–Crippen LogP) is 7.08. The molecule has 0 bridgehead atoms. The molecule has 4 rings (SSSR count). The SMILES string of the molecule is Cc1cc(C)c(OCCCOc2ccc(C=Cc3cccc4c(CCCC(=O)O)cn(CC(=O)O)c34)cc2)c(C)c1. The van der Waals surface area contributed by atoms with Crippen LogP contribution in [0.25, 0.3) is 23.1 Å². The highest BCUT2D eigenvalue weighted by atomic mass is 16.5. The van der Waals surface area contributed by atoms with Gasteiger partial charge in [0.25, 0.3) is 0 Å². The van der Waals surface area contributed by atoms with E-state index in [-0.39, 0.29) is 13.0 Å². The quantitative estimate of drug-likeness (QED) is 0.127. The third-order valence-corrected chi connectivity index (χ3v) is 6.90. The van der Waals surface area contributed by atoms with E-state index in [2.05, 4.69) is 32.9 Å². The first-order valence-electron chi connectivity index (χ1n) is 13.9. The Bertz CT molecular complexity index is 1520. The van der Waals surface area contributed by atoms with Crippen LogP contribution in [-0.4, -0.2) is 39.9 Å². The van der Waals surface area contributed by atoms with Gasteiger partial charge in [-0.15, -0.1) is 0 Å². The van der Waals surface area contributed by atoms with E-state index in [1.165, 1.54) is 5.56 Å². The van der Waals surface area contributed by atoms with E-state index in [1.54, 1.807) is 4.57 Å². The lowest BCUT2D eigenvalue weighted by molar-refractivity contribution is -0.138. The van der Waals surface area contributed by atoms with E-state index in [1.807, 2.05) is 60.8 Å². The molecule has 0 atom stereocenters. The molecule has 0 radical (unpaired) electrons. The van der Waals surface area contributed by atoms with Crippen LogP contribution in [0.4, 0.5) is 0 Å². The number of aromatic nitrogens is 1. The number of carboxylic acids is 2. The van der Waals surface area contributed by atoms with Gasteiger partial charge in [-0.2, -0.15) is 0 Å². The molecule has 7 heteroatoms. The maximum Gasteiger partial charge on any atom is 0.323 e. The van der Waals surface area contributed by atoms with Crippen molar-refractivity contribution in [3.05, 3.63) is 94.2 Å². The van der Waals surface area contributed by atoms with Crippen molar-refractivity contribution in [2.75, 3.05) is 13.2 Å². The molecule has 0 saturated heterocycles. The number of carboxylic acid groups (broad SMARTS) is 2. The molecule has 1 aromatic heterocycles. The Balaban J connectivity index is 1.38. The van der Waals surface area contributed by atoms with Crippen LogP contribution in [0.2, 0.25) is 0 Å². The van der Waals surface area contributed by atoms with Gasteiger partial charge >= 0.3 is 11.9 Å². The molecular weight excluding hydrogens is 518 g/mol. The van der Waals surface area contributed by atoms with E-state index >= 15 is 0 Å². The van der Waals surface area contributed by atoms with Gasteiger partial charge in [0.1, 0.15) is 18.0 Å². The molecule has 0 spiro atoms. The first-order chi connectivity index (χ1) is 19.7. The van der Waals surface area contributed by atoms with Gasteiger partial charge < -0.3 is 24.3 Å². The van der Waals surface area contributed by atoms with Crippen LogP contribution >= 0.6 is 0 Å². The molecule has 0 fully saturated rings. The lowest BCUT2D eigenvalue weighted by Gasteiger charge is -2.13. The average Bonchev–Trinajstić information content (AvgIpc) is 3.26. The fourth-order valence-corrected chi connectivity index (χ4v) is 5.18. The number of aryl methyl sites for hydroxylation is 4. The molecular formula is C34H37NO6. The van der Waals surface area contributed by atoms with Gasteiger partial charge in [-0.25, -0.2) is 0 Å². The molecule has 2 N–H and O–H groups in total. The number of hydrogen-bond donors (Lipinski definition) is 2. The highest BCUT2D eigenvalue weighted by molar-refractivity contribution is 5.94. The second-order valence-electron chi connectivity index (χ2n) is 10.3. The van der Waals surface area contributed by atoms with Gasteiger partial charge in [0.15, 0.2) is 0 Å². The van der Waals surface area contributed by atoms with Gasteiger partial charge in [0.05, 0.1) is 18.7 Å². The van der Waals surface area contributed by atoms with E-state index in [0.717, 1.165) is 56.6 Å². The summed E-state index contributed by atoms with van der Waals surface area (Å²) in [6.07, 6.45) is 7.71. The van der Waals surface area contributed by atoms with Gasteiger partial charge in [0.2, 0.25) is 0 Å². The van der Waals surface area contributed by atoms with Crippen molar-refractivity contribution in [2.45, 2.75) is 53.0 Å². The number of rotatable bonds is 14. The van der Waals surface area contributed by atoms with Gasteiger partial charge in [-0.1, -0.05) is 60.2 Å². The third kappa shape index (κ3) is 8.01. The summed E-state index contributed by atoms with van der Waals surface area (Å²) in [5, 5.41) is 19.4. The zero-order valence-electron chi connectivity index (χ0n) is 23.9. The van der Waals surface area contributed by atoms with E-state index in [0.29, 0.717) is 26.1 Å². The standard InChI is InChI=1S/C34H37NO6/c1-23-19-24(2)34(25(3)20-23)41-18-6-17-40-29-15-12-26(13-16-29)11-14-27-7-4-9-30-28(8-5-10-31(36)37)21-35(33(27)30)22-32(38)39/h4,7,9,11-16,19-21H,5-6,8,10,17-18,22H2,1-3H3,(H,36,37)(H,38,39). The number of benzene rings is 3. The minimum Gasteiger partial charge on any atom is -0.493 e. The number of fused-ring (bicyclic) bond motifs is 1. The van der Waals surface area contributed by atoms with Crippen molar-refractivity contribution in [3.8, 4) is 11.5 Å². The molecule has 0 unspecified atom stereocenters. The normalized spacial score (nSPS) is 11.3. The molecule has 4 aromatic rings. The number of para-hydroxylation sites is 1. The second kappa shape index (κ2) is 13.7. The van der Waals surface area contributed by atoms with E-state index < -0.39 is 11.9 Å². The topological polar surface area (TPSA) is 98.0 Å². The maximum absolute atomic E-state index is 11.5. The van der Waals surface area contributed by atoms with Crippen molar-refractivity contribution in [1.29, 1.82) is 0 Å². The van der Waals surface area contributed by atoms with E-state index in [9.17, 15) is 14.7 Å². The number of ether oxygens (including phenoxy) is 2. The summed E-state index contributed by atoms with van der Waals surface area (Å²) in [7, 11) is 0. The first kappa shape index (κ1) is 29.5. The summed E-state index contributed by atoms with van der Waals surface area (Å²) < 4.78 is 13.6. The Morgan fingerprint density at radius 2 is 1.56 bits per heavy atom. The van der Waals surface area contributed by atoms with Crippen LogP contribution in [0, 0.1) is 20.8 Å². The van der Waals surface area contributed by atoms with Gasteiger partial charge in [-0.05, 0) is 73.6 Å². The van der Waals surface area contributed by atoms with Crippen LogP contribution < -0.4 is 9.47 Å². The molecule has 0 saturated carbocycles. The highest BCUT2D eigenvalue weighted by Crippen LogP contribution is 2.28.